The summed E-state index contributed by atoms with van der Waals surface area (Å²) in [6.07, 6.45) is 0. The minimum Gasteiger partial charge on any atom is -0.369 e. The van der Waals surface area contributed by atoms with Gasteiger partial charge in [-0.15, -0.1) is 0 Å². The van der Waals surface area contributed by atoms with Crippen LogP contribution in [0.25, 0.3) is 0 Å². The molecule has 0 radical (unpaired) electrons. The molecule has 3 nitrogen and oxygen atoms in total. The lowest BCUT2D eigenvalue weighted by Gasteiger charge is -2.24. The van der Waals surface area contributed by atoms with Crippen LogP contribution in [0.5, 0.6) is 0 Å². The molecule has 1 saturated heterocycles. The Morgan fingerprint density at radius 1 is 1.24 bits per heavy atom. The van der Waals surface area contributed by atoms with Crippen LogP contribution in [0.2, 0.25) is 0 Å². The van der Waals surface area contributed by atoms with Crippen LogP contribution in [-0.2, 0) is 6.54 Å². The Labute approximate surface area is 130 Å². The molecular formula is C18H31N3. The molecule has 2 atom stereocenters. The zero-order valence-corrected chi connectivity index (χ0v) is 14.3. The van der Waals surface area contributed by atoms with Gasteiger partial charge in [-0.25, -0.2) is 0 Å². The van der Waals surface area contributed by atoms with Crippen molar-refractivity contribution in [3.8, 4) is 0 Å². The molecule has 0 amide bonds. The summed E-state index contributed by atoms with van der Waals surface area (Å²) in [5, 5.41) is 3.57. The maximum absolute atomic E-state index is 3.57. The maximum atomic E-state index is 3.57. The van der Waals surface area contributed by atoms with Crippen molar-refractivity contribution in [2.45, 2.75) is 33.4 Å². The Morgan fingerprint density at radius 3 is 2.57 bits per heavy atom. The summed E-state index contributed by atoms with van der Waals surface area (Å²) < 4.78 is 0. The van der Waals surface area contributed by atoms with Crippen LogP contribution in [0.3, 0.4) is 0 Å². The van der Waals surface area contributed by atoms with E-state index in [0.717, 1.165) is 32.1 Å². The fraction of sp³-hybridized carbons (Fsp3) is 0.667. The molecule has 1 aromatic carbocycles. The summed E-state index contributed by atoms with van der Waals surface area (Å²) in [5.41, 5.74) is 2.83. The molecule has 2 rings (SSSR count). The highest BCUT2D eigenvalue weighted by Crippen LogP contribution is 2.28. The van der Waals surface area contributed by atoms with Gasteiger partial charge in [-0.05, 0) is 44.1 Å². The van der Waals surface area contributed by atoms with Crippen molar-refractivity contribution in [3.63, 3.8) is 0 Å². The quantitative estimate of drug-likeness (QED) is 0.869. The molecule has 3 heteroatoms. The maximum Gasteiger partial charge on any atom is 0.0412 e. The van der Waals surface area contributed by atoms with Crippen LogP contribution in [0.1, 0.15) is 26.3 Å². The molecule has 2 unspecified atom stereocenters. The summed E-state index contributed by atoms with van der Waals surface area (Å²) in [6.45, 7) is 11.2. The highest BCUT2D eigenvalue weighted by atomic mass is 15.2. The first-order valence-electron chi connectivity index (χ1n) is 8.19. The van der Waals surface area contributed by atoms with Crippen LogP contribution >= 0.6 is 0 Å². The third kappa shape index (κ3) is 4.21. The van der Waals surface area contributed by atoms with E-state index in [1.807, 2.05) is 0 Å². The van der Waals surface area contributed by atoms with Crippen molar-refractivity contribution in [1.82, 2.24) is 10.2 Å². The van der Waals surface area contributed by atoms with Gasteiger partial charge in [0.2, 0.25) is 0 Å². The SMILES string of the molecule is CC(C)CNCc1ccccc1N1CC(C)C(N(C)C)C1. The number of anilines is 1. The largest absolute Gasteiger partial charge is 0.369 e. The zero-order valence-electron chi connectivity index (χ0n) is 14.3. The number of hydrogen-bond acceptors (Lipinski definition) is 3. The van der Waals surface area contributed by atoms with E-state index in [9.17, 15) is 0 Å². The number of hydrogen-bond donors (Lipinski definition) is 1. The van der Waals surface area contributed by atoms with Gasteiger partial charge in [0.15, 0.2) is 0 Å². The van der Waals surface area contributed by atoms with Crippen LogP contribution in [0.4, 0.5) is 5.69 Å². The lowest BCUT2D eigenvalue weighted by Crippen LogP contribution is -2.34. The van der Waals surface area contributed by atoms with Gasteiger partial charge in [-0.2, -0.15) is 0 Å². The predicted molar refractivity (Wildman–Crippen MR) is 91.8 cm³/mol. The molecule has 0 aromatic heterocycles. The molecule has 21 heavy (non-hydrogen) atoms. The third-order valence-corrected chi connectivity index (χ3v) is 4.44. The topological polar surface area (TPSA) is 18.5 Å². The first kappa shape index (κ1) is 16.3. The fourth-order valence-electron chi connectivity index (χ4n) is 3.28. The normalized spacial score (nSPS) is 22.5. The number of nitrogens with zero attached hydrogens (tertiary/aromatic N) is 2. The van der Waals surface area contributed by atoms with E-state index in [2.05, 4.69) is 74.2 Å². The van der Waals surface area contributed by atoms with Crippen LogP contribution < -0.4 is 10.2 Å². The van der Waals surface area contributed by atoms with Gasteiger partial charge >= 0.3 is 0 Å². The van der Waals surface area contributed by atoms with Crippen molar-refractivity contribution >= 4 is 5.69 Å². The molecule has 1 N–H and O–H groups in total. The van der Waals surface area contributed by atoms with E-state index >= 15 is 0 Å². The molecule has 0 aliphatic carbocycles. The van der Waals surface area contributed by atoms with Gasteiger partial charge in [0.1, 0.15) is 0 Å². The Hall–Kier alpha value is -1.06. The van der Waals surface area contributed by atoms with Gasteiger partial charge in [-0.3, -0.25) is 0 Å². The van der Waals surface area contributed by atoms with Crippen molar-refractivity contribution in [1.29, 1.82) is 0 Å². The Morgan fingerprint density at radius 2 is 1.95 bits per heavy atom. The lowest BCUT2D eigenvalue weighted by molar-refractivity contribution is 0.266. The molecule has 0 bridgehead atoms. The summed E-state index contributed by atoms with van der Waals surface area (Å²) in [4.78, 5) is 4.92. The summed E-state index contributed by atoms with van der Waals surface area (Å²) in [7, 11) is 4.39. The number of nitrogens with one attached hydrogen (secondary N) is 1. The lowest BCUT2D eigenvalue weighted by atomic mass is 10.1. The van der Waals surface area contributed by atoms with Crippen LogP contribution in [0.15, 0.2) is 24.3 Å². The molecule has 1 fully saturated rings. The molecular weight excluding hydrogens is 258 g/mol. The first-order chi connectivity index (χ1) is 9.99. The van der Waals surface area contributed by atoms with Gasteiger partial charge in [-0.1, -0.05) is 39.0 Å². The van der Waals surface area contributed by atoms with E-state index < -0.39 is 0 Å². The Kier molecular flexibility index (Phi) is 5.65. The van der Waals surface area contributed by atoms with Crippen LogP contribution in [0, 0.1) is 11.8 Å². The van der Waals surface area contributed by atoms with Gasteiger partial charge in [0, 0.05) is 31.4 Å². The van der Waals surface area contributed by atoms with Gasteiger partial charge in [0.05, 0.1) is 0 Å². The second-order valence-electron chi connectivity index (χ2n) is 7.07. The molecule has 118 valence electrons. The molecule has 1 aliphatic heterocycles. The van der Waals surface area contributed by atoms with Gasteiger partial charge < -0.3 is 15.1 Å². The van der Waals surface area contributed by atoms with Crippen molar-refractivity contribution in [3.05, 3.63) is 29.8 Å². The van der Waals surface area contributed by atoms with E-state index in [4.69, 9.17) is 0 Å². The van der Waals surface area contributed by atoms with Gasteiger partial charge in [0.25, 0.3) is 0 Å². The average Bonchev–Trinajstić information content (AvgIpc) is 2.81. The predicted octanol–water partition coefficient (Wildman–Crippen LogP) is 2.82. The summed E-state index contributed by atoms with van der Waals surface area (Å²) in [5.74, 6) is 1.42. The average molecular weight is 289 g/mol. The second-order valence-corrected chi connectivity index (χ2v) is 7.07. The minimum absolute atomic E-state index is 0.654. The third-order valence-electron chi connectivity index (χ3n) is 4.44. The number of likely N-dealkylation sites (N-methyl/N-ethyl adjacent to an activating group) is 1. The smallest absolute Gasteiger partial charge is 0.0412 e. The number of rotatable bonds is 6. The van der Waals surface area contributed by atoms with E-state index in [1.165, 1.54) is 11.3 Å². The van der Waals surface area contributed by atoms with E-state index in [-0.39, 0.29) is 0 Å². The molecule has 1 aromatic rings. The first-order valence-corrected chi connectivity index (χ1v) is 8.19. The zero-order chi connectivity index (χ0) is 15.4. The highest BCUT2D eigenvalue weighted by Gasteiger charge is 2.31. The van der Waals surface area contributed by atoms with Crippen LogP contribution in [-0.4, -0.2) is 44.7 Å². The molecule has 0 spiro atoms. The summed E-state index contributed by atoms with van der Waals surface area (Å²) in [6, 6.07) is 9.50. The fourth-order valence-corrected chi connectivity index (χ4v) is 3.28. The van der Waals surface area contributed by atoms with Crippen molar-refractivity contribution in [2.24, 2.45) is 11.8 Å². The molecule has 0 saturated carbocycles. The Balaban J connectivity index is 2.06. The number of benzene rings is 1. The van der Waals surface area contributed by atoms with E-state index in [0.29, 0.717) is 12.0 Å². The standard InChI is InChI=1S/C18H31N3/c1-14(2)10-19-11-16-8-6-7-9-17(16)21-12-15(3)18(13-21)20(4)5/h6-9,14-15,18-19H,10-13H2,1-5H3. The monoisotopic (exact) mass is 289 g/mol. The second kappa shape index (κ2) is 7.28. The molecule has 1 heterocycles. The minimum atomic E-state index is 0.654. The number of para-hydroxylation sites is 1. The van der Waals surface area contributed by atoms with Crippen molar-refractivity contribution in [2.75, 3.05) is 38.6 Å². The Bertz CT molecular complexity index is 442. The summed E-state index contributed by atoms with van der Waals surface area (Å²) >= 11 is 0. The van der Waals surface area contributed by atoms with E-state index in [1.54, 1.807) is 0 Å². The van der Waals surface area contributed by atoms with Crippen molar-refractivity contribution < 1.29 is 0 Å². The molecule has 1 aliphatic rings. The highest BCUT2D eigenvalue weighted by molar-refractivity contribution is 5.54.